The first-order valence-corrected chi connectivity index (χ1v) is 9.39. The third-order valence-corrected chi connectivity index (χ3v) is 5.31. The highest BCUT2D eigenvalue weighted by atomic mass is 79.9. The van der Waals surface area contributed by atoms with Crippen LogP contribution in [0.15, 0.2) is 38.1 Å². The first-order chi connectivity index (χ1) is 12.8. The number of benzene rings is 1. The van der Waals surface area contributed by atoms with Crippen molar-refractivity contribution in [3.63, 3.8) is 0 Å². The third-order valence-electron chi connectivity index (χ3n) is 3.58. The molecule has 1 saturated heterocycles. The molecule has 1 aromatic heterocycles. The Hall–Kier alpha value is -2.23. The molecule has 0 bridgehead atoms. The maximum Gasteiger partial charge on any atom is 0.373 e. The molecule has 0 radical (unpaired) electrons. The van der Waals surface area contributed by atoms with Gasteiger partial charge in [0.25, 0.3) is 11.1 Å². The number of imide groups is 1. The predicted octanol–water partition coefficient (Wildman–Crippen LogP) is 4.42. The van der Waals surface area contributed by atoms with E-state index >= 15 is 0 Å². The predicted molar refractivity (Wildman–Crippen MR) is 102 cm³/mol. The number of nitrogens with zero attached hydrogens (tertiary/aromatic N) is 1. The van der Waals surface area contributed by atoms with Crippen LogP contribution in [0.1, 0.15) is 21.9 Å². The van der Waals surface area contributed by atoms with E-state index in [9.17, 15) is 19.5 Å². The van der Waals surface area contributed by atoms with Gasteiger partial charge in [-0.15, -0.1) is 0 Å². The molecule has 3 rings (SSSR count). The van der Waals surface area contributed by atoms with Gasteiger partial charge in [-0.25, -0.2) is 4.79 Å². The van der Waals surface area contributed by atoms with Crippen LogP contribution in [0.25, 0.3) is 6.08 Å². The molecule has 1 fully saturated rings. The molecule has 140 valence electrons. The molecule has 27 heavy (non-hydrogen) atoms. The van der Waals surface area contributed by atoms with Crippen molar-refractivity contribution in [2.75, 3.05) is 7.11 Å². The van der Waals surface area contributed by atoms with Gasteiger partial charge in [0, 0.05) is 10.6 Å². The van der Waals surface area contributed by atoms with E-state index in [2.05, 4.69) is 20.7 Å². The maximum absolute atomic E-state index is 12.6. The van der Waals surface area contributed by atoms with Crippen molar-refractivity contribution in [1.82, 2.24) is 4.90 Å². The summed E-state index contributed by atoms with van der Waals surface area (Å²) in [5, 5.41) is 9.95. The van der Waals surface area contributed by atoms with Crippen molar-refractivity contribution in [3.8, 4) is 5.75 Å². The number of aromatic hydroxyl groups is 1. The minimum Gasteiger partial charge on any atom is -0.506 e. The zero-order valence-electron chi connectivity index (χ0n) is 13.7. The fourth-order valence-electron chi connectivity index (χ4n) is 2.30. The highest BCUT2D eigenvalue weighted by molar-refractivity contribution is 9.10. The van der Waals surface area contributed by atoms with E-state index < -0.39 is 17.1 Å². The van der Waals surface area contributed by atoms with Crippen LogP contribution in [0.3, 0.4) is 0 Å². The quantitative estimate of drug-likeness (QED) is 0.519. The zero-order chi connectivity index (χ0) is 19.7. The summed E-state index contributed by atoms with van der Waals surface area (Å²) in [7, 11) is 1.22. The number of furan rings is 1. The number of amides is 2. The number of ether oxygens (including phenoxy) is 1. The van der Waals surface area contributed by atoms with Gasteiger partial charge in [-0.3, -0.25) is 14.5 Å². The van der Waals surface area contributed by atoms with E-state index in [-0.39, 0.29) is 28.7 Å². The topological polar surface area (TPSA) is 97.0 Å². The summed E-state index contributed by atoms with van der Waals surface area (Å²) in [5.41, 5.74) is 0.297. The second-order valence-corrected chi connectivity index (χ2v) is 7.63. The Morgan fingerprint density at radius 1 is 1.41 bits per heavy atom. The van der Waals surface area contributed by atoms with Crippen LogP contribution in [0, 0.1) is 0 Å². The average Bonchev–Trinajstić information content (AvgIpc) is 3.19. The minimum atomic E-state index is -0.655. The summed E-state index contributed by atoms with van der Waals surface area (Å²) >= 11 is 9.85. The van der Waals surface area contributed by atoms with Gasteiger partial charge in [0.2, 0.25) is 5.76 Å². The first-order valence-electron chi connectivity index (χ1n) is 7.40. The molecule has 0 atom stereocenters. The maximum atomic E-state index is 12.6. The normalized spacial score (nSPS) is 15.7. The van der Waals surface area contributed by atoms with Crippen LogP contribution in [0.2, 0.25) is 5.02 Å². The Morgan fingerprint density at radius 3 is 2.85 bits per heavy atom. The smallest absolute Gasteiger partial charge is 0.373 e. The van der Waals surface area contributed by atoms with Crippen molar-refractivity contribution in [2.24, 2.45) is 0 Å². The third kappa shape index (κ3) is 4.05. The summed E-state index contributed by atoms with van der Waals surface area (Å²) < 4.78 is 10.2. The number of hydrogen-bond acceptors (Lipinski definition) is 7. The molecule has 1 aliphatic rings. The van der Waals surface area contributed by atoms with Gasteiger partial charge in [0.1, 0.15) is 11.5 Å². The van der Waals surface area contributed by atoms with Crippen LogP contribution in [0.4, 0.5) is 4.79 Å². The van der Waals surface area contributed by atoms with Crippen molar-refractivity contribution in [1.29, 1.82) is 0 Å². The number of hydrogen-bond donors (Lipinski definition) is 1. The second kappa shape index (κ2) is 7.79. The van der Waals surface area contributed by atoms with E-state index in [1.807, 2.05) is 0 Å². The standard InChI is InChI=1S/C17H11BrClNO6S/c1-25-16(23)12-3-2-10(26-12)7-20-15(22)13(27-17(20)24)5-8-4-9(19)6-11(18)14(8)21/h2-6,21H,7H2,1H3. The van der Waals surface area contributed by atoms with Crippen LogP contribution in [-0.4, -0.2) is 34.2 Å². The highest BCUT2D eigenvalue weighted by Gasteiger charge is 2.36. The molecule has 0 unspecified atom stereocenters. The monoisotopic (exact) mass is 471 g/mol. The second-order valence-electron chi connectivity index (χ2n) is 5.35. The van der Waals surface area contributed by atoms with E-state index in [0.717, 1.165) is 16.7 Å². The number of methoxy groups -OCH3 is 1. The van der Waals surface area contributed by atoms with E-state index in [0.29, 0.717) is 15.1 Å². The summed E-state index contributed by atoms with van der Waals surface area (Å²) in [6, 6.07) is 5.87. The number of halogens is 2. The van der Waals surface area contributed by atoms with Gasteiger partial charge in [0.15, 0.2) is 0 Å². The number of phenols is 1. The highest BCUT2D eigenvalue weighted by Crippen LogP contribution is 2.38. The SMILES string of the molecule is COC(=O)c1ccc(CN2C(=O)SC(=Cc3cc(Cl)cc(Br)c3O)C2=O)o1. The fraction of sp³-hybridized carbons (Fsp3) is 0.118. The molecule has 1 aliphatic heterocycles. The first kappa shape index (κ1) is 19.5. The lowest BCUT2D eigenvalue weighted by atomic mass is 10.2. The number of thioether (sulfide) groups is 1. The molecular weight excluding hydrogens is 462 g/mol. The molecule has 1 aromatic carbocycles. The van der Waals surface area contributed by atoms with Crippen molar-refractivity contribution in [3.05, 3.63) is 55.7 Å². The largest absolute Gasteiger partial charge is 0.506 e. The minimum absolute atomic E-state index is 0.0243. The molecule has 1 N–H and O–H groups in total. The van der Waals surface area contributed by atoms with Crippen LogP contribution in [0.5, 0.6) is 5.75 Å². The summed E-state index contributed by atoms with van der Waals surface area (Å²) in [4.78, 5) is 37.3. The van der Waals surface area contributed by atoms with Gasteiger partial charge in [-0.05, 0) is 58.0 Å². The molecule has 10 heteroatoms. The van der Waals surface area contributed by atoms with E-state index in [4.69, 9.17) is 16.0 Å². The van der Waals surface area contributed by atoms with E-state index in [1.54, 1.807) is 0 Å². The van der Waals surface area contributed by atoms with Crippen LogP contribution >= 0.6 is 39.3 Å². The average molecular weight is 473 g/mol. The molecule has 0 spiro atoms. The van der Waals surface area contributed by atoms with Crippen molar-refractivity contribution < 1.29 is 28.6 Å². The molecule has 2 aromatic rings. The molecule has 0 saturated carbocycles. The lowest BCUT2D eigenvalue weighted by Crippen LogP contribution is -2.27. The van der Waals surface area contributed by atoms with Crippen molar-refractivity contribution in [2.45, 2.75) is 6.54 Å². The number of rotatable bonds is 4. The summed E-state index contributed by atoms with van der Waals surface area (Å²) in [6.45, 7) is -0.135. The lowest BCUT2D eigenvalue weighted by molar-refractivity contribution is -0.123. The number of carbonyl (C=O) groups is 3. The molecule has 7 nitrogen and oxygen atoms in total. The van der Waals surface area contributed by atoms with Gasteiger partial charge in [-0.1, -0.05) is 11.6 Å². The van der Waals surface area contributed by atoms with Gasteiger partial charge in [0.05, 0.1) is 23.0 Å². The number of esters is 1. The van der Waals surface area contributed by atoms with Crippen LogP contribution in [-0.2, 0) is 16.1 Å². The van der Waals surface area contributed by atoms with Crippen molar-refractivity contribution >= 4 is 62.5 Å². The van der Waals surface area contributed by atoms with Gasteiger partial charge < -0.3 is 14.3 Å². The molecule has 2 amide bonds. The van der Waals surface area contributed by atoms with Crippen LogP contribution < -0.4 is 0 Å². The summed E-state index contributed by atoms with van der Waals surface area (Å²) in [6.07, 6.45) is 1.39. The Bertz CT molecular complexity index is 986. The Morgan fingerprint density at radius 2 is 2.15 bits per heavy atom. The Labute approximate surface area is 171 Å². The number of phenolic OH excluding ortho intramolecular Hbond substituents is 1. The number of carbonyl (C=O) groups excluding carboxylic acids is 3. The van der Waals surface area contributed by atoms with Gasteiger partial charge in [-0.2, -0.15) is 0 Å². The Balaban J connectivity index is 1.83. The molecule has 0 aliphatic carbocycles. The Kier molecular flexibility index (Phi) is 5.64. The van der Waals surface area contributed by atoms with Gasteiger partial charge >= 0.3 is 5.97 Å². The zero-order valence-corrected chi connectivity index (χ0v) is 16.9. The molecular formula is C17H11BrClNO6S. The fourth-order valence-corrected chi connectivity index (χ4v) is 3.97. The van der Waals surface area contributed by atoms with E-state index in [1.165, 1.54) is 37.5 Å². The molecule has 2 heterocycles. The lowest BCUT2D eigenvalue weighted by Gasteiger charge is -2.10. The summed E-state index contributed by atoms with van der Waals surface area (Å²) in [5.74, 6) is -1.07.